The first-order chi connectivity index (χ1) is 12.6. The molecule has 1 atom stereocenters. The Kier molecular flexibility index (Phi) is 6.24. The highest BCUT2D eigenvalue weighted by atomic mass is 32.2. The molecule has 0 aliphatic carbocycles. The average molecular weight is 376 g/mol. The Morgan fingerprint density at radius 3 is 2.54 bits per heavy atom. The molecular formula is C19H24N2O4S. The fourth-order valence-corrected chi connectivity index (χ4v) is 4.44. The summed E-state index contributed by atoms with van der Waals surface area (Å²) in [6, 6.07) is 10.2. The van der Waals surface area contributed by atoms with Crippen LogP contribution in [0, 0.1) is 0 Å². The molecule has 1 aliphatic rings. The summed E-state index contributed by atoms with van der Waals surface area (Å²) in [5.74, 6) is 0.659. The van der Waals surface area contributed by atoms with Gasteiger partial charge in [0.1, 0.15) is 5.75 Å². The minimum absolute atomic E-state index is 0.0608. The number of hydrogen-bond acceptors (Lipinski definition) is 5. The van der Waals surface area contributed by atoms with Gasteiger partial charge in [-0.05, 0) is 61.7 Å². The molecule has 140 valence electrons. The molecule has 3 rings (SSSR count). The van der Waals surface area contributed by atoms with E-state index in [4.69, 9.17) is 9.47 Å². The minimum atomic E-state index is -3.64. The molecule has 7 heteroatoms. The lowest BCUT2D eigenvalue weighted by atomic mass is 10.2. The molecule has 1 saturated heterocycles. The molecule has 0 N–H and O–H groups in total. The van der Waals surface area contributed by atoms with Crippen LogP contribution in [0.15, 0.2) is 53.7 Å². The van der Waals surface area contributed by atoms with Crippen molar-refractivity contribution >= 4 is 10.0 Å². The number of ether oxygens (including phenoxy) is 2. The predicted molar refractivity (Wildman–Crippen MR) is 98.4 cm³/mol. The molecule has 0 radical (unpaired) electrons. The van der Waals surface area contributed by atoms with Crippen molar-refractivity contribution in [2.45, 2.75) is 37.3 Å². The van der Waals surface area contributed by atoms with E-state index >= 15 is 0 Å². The molecule has 1 unspecified atom stereocenters. The summed E-state index contributed by atoms with van der Waals surface area (Å²) in [5.41, 5.74) is 0.896. The van der Waals surface area contributed by atoms with Gasteiger partial charge in [-0.3, -0.25) is 4.98 Å². The van der Waals surface area contributed by atoms with Crippen molar-refractivity contribution in [2.24, 2.45) is 0 Å². The molecule has 1 aromatic carbocycles. The van der Waals surface area contributed by atoms with Crippen molar-refractivity contribution in [1.29, 1.82) is 0 Å². The van der Waals surface area contributed by atoms with Gasteiger partial charge in [0.25, 0.3) is 0 Å². The molecule has 1 aliphatic heterocycles. The predicted octanol–water partition coefficient (Wildman–Crippen LogP) is 2.85. The van der Waals surface area contributed by atoms with E-state index in [0.717, 1.165) is 18.4 Å². The van der Waals surface area contributed by atoms with Crippen molar-refractivity contribution in [1.82, 2.24) is 9.29 Å². The SMILES string of the molecule is CCOc1ccc(S(=O)(=O)N(Cc2ccncc2)CC2CCCO2)cc1. The highest BCUT2D eigenvalue weighted by Crippen LogP contribution is 2.24. The van der Waals surface area contributed by atoms with Crippen LogP contribution in [0.2, 0.25) is 0 Å². The Morgan fingerprint density at radius 2 is 1.92 bits per heavy atom. The van der Waals surface area contributed by atoms with E-state index in [-0.39, 0.29) is 17.5 Å². The summed E-state index contributed by atoms with van der Waals surface area (Å²) in [6.07, 6.45) is 5.13. The van der Waals surface area contributed by atoms with Gasteiger partial charge in [-0.1, -0.05) is 0 Å². The summed E-state index contributed by atoms with van der Waals surface area (Å²) >= 11 is 0. The lowest BCUT2D eigenvalue weighted by Crippen LogP contribution is -2.37. The standard InChI is InChI=1S/C19H24N2O4S/c1-2-24-17-5-7-19(8-6-17)26(22,23)21(15-18-4-3-13-25-18)14-16-9-11-20-12-10-16/h5-12,18H,2-4,13-15H2,1H3. The monoisotopic (exact) mass is 376 g/mol. The lowest BCUT2D eigenvalue weighted by Gasteiger charge is -2.25. The Labute approximate surface area is 154 Å². The van der Waals surface area contributed by atoms with E-state index < -0.39 is 10.0 Å². The molecule has 0 saturated carbocycles. The maximum Gasteiger partial charge on any atom is 0.243 e. The summed E-state index contributed by atoms with van der Waals surface area (Å²) in [5, 5.41) is 0. The average Bonchev–Trinajstić information content (AvgIpc) is 3.16. The van der Waals surface area contributed by atoms with Crippen molar-refractivity contribution in [3.05, 3.63) is 54.4 Å². The number of rotatable bonds is 8. The van der Waals surface area contributed by atoms with Crippen LogP contribution >= 0.6 is 0 Å². The third kappa shape index (κ3) is 4.60. The first-order valence-corrected chi connectivity index (χ1v) is 10.3. The molecule has 2 heterocycles. The normalized spacial score (nSPS) is 17.5. The third-order valence-electron chi connectivity index (χ3n) is 4.31. The van der Waals surface area contributed by atoms with Crippen LogP contribution in [-0.2, 0) is 21.3 Å². The van der Waals surface area contributed by atoms with E-state index in [1.54, 1.807) is 36.7 Å². The summed E-state index contributed by atoms with van der Waals surface area (Å²) in [4.78, 5) is 4.25. The number of sulfonamides is 1. The van der Waals surface area contributed by atoms with Crippen LogP contribution in [0.4, 0.5) is 0 Å². The van der Waals surface area contributed by atoms with Gasteiger partial charge >= 0.3 is 0 Å². The van der Waals surface area contributed by atoms with E-state index in [1.807, 2.05) is 19.1 Å². The van der Waals surface area contributed by atoms with Crippen molar-refractivity contribution in [3.8, 4) is 5.75 Å². The zero-order valence-corrected chi connectivity index (χ0v) is 15.7. The number of nitrogens with zero attached hydrogens (tertiary/aromatic N) is 2. The van der Waals surface area contributed by atoms with Gasteiger partial charge < -0.3 is 9.47 Å². The molecule has 26 heavy (non-hydrogen) atoms. The third-order valence-corrected chi connectivity index (χ3v) is 6.14. The molecule has 0 spiro atoms. The number of aromatic nitrogens is 1. The largest absolute Gasteiger partial charge is 0.494 e. The lowest BCUT2D eigenvalue weighted by molar-refractivity contribution is 0.0926. The van der Waals surface area contributed by atoms with E-state index in [1.165, 1.54) is 4.31 Å². The second-order valence-electron chi connectivity index (χ2n) is 6.19. The summed E-state index contributed by atoms with van der Waals surface area (Å²) in [7, 11) is -3.64. The van der Waals surface area contributed by atoms with Gasteiger partial charge in [0.05, 0.1) is 17.6 Å². The first kappa shape index (κ1) is 18.8. The number of benzene rings is 1. The van der Waals surface area contributed by atoms with Gasteiger partial charge in [-0.25, -0.2) is 8.42 Å². The van der Waals surface area contributed by atoms with Gasteiger partial charge in [0.2, 0.25) is 10.0 Å². The Morgan fingerprint density at radius 1 is 1.19 bits per heavy atom. The second kappa shape index (κ2) is 8.62. The smallest absolute Gasteiger partial charge is 0.243 e. The maximum atomic E-state index is 13.2. The van der Waals surface area contributed by atoms with Crippen molar-refractivity contribution in [2.75, 3.05) is 19.8 Å². The second-order valence-corrected chi connectivity index (χ2v) is 8.13. The quantitative estimate of drug-likeness (QED) is 0.709. The first-order valence-electron chi connectivity index (χ1n) is 8.83. The van der Waals surface area contributed by atoms with Crippen LogP contribution < -0.4 is 4.74 Å². The fourth-order valence-electron chi connectivity index (χ4n) is 2.98. The summed E-state index contributed by atoms with van der Waals surface area (Å²) in [6.45, 7) is 3.76. The topological polar surface area (TPSA) is 68.7 Å². The zero-order chi connectivity index (χ0) is 18.4. The molecule has 2 aromatic rings. The van der Waals surface area contributed by atoms with Crippen LogP contribution in [0.1, 0.15) is 25.3 Å². The van der Waals surface area contributed by atoms with Gasteiger partial charge in [-0.15, -0.1) is 0 Å². The van der Waals surface area contributed by atoms with Crippen LogP contribution in [0.25, 0.3) is 0 Å². The number of hydrogen-bond donors (Lipinski definition) is 0. The molecule has 0 amide bonds. The highest BCUT2D eigenvalue weighted by molar-refractivity contribution is 7.89. The molecular weight excluding hydrogens is 352 g/mol. The Balaban J connectivity index is 1.85. The summed E-state index contributed by atoms with van der Waals surface area (Å²) < 4.78 is 39.0. The highest BCUT2D eigenvalue weighted by Gasteiger charge is 2.29. The van der Waals surface area contributed by atoms with E-state index in [2.05, 4.69) is 4.98 Å². The number of pyridine rings is 1. The Bertz CT molecular complexity index is 788. The molecule has 6 nitrogen and oxygen atoms in total. The zero-order valence-electron chi connectivity index (χ0n) is 14.9. The molecule has 0 bridgehead atoms. The van der Waals surface area contributed by atoms with Crippen LogP contribution in [0.5, 0.6) is 5.75 Å². The van der Waals surface area contributed by atoms with E-state index in [9.17, 15) is 8.42 Å². The molecule has 1 aromatic heterocycles. The fraction of sp³-hybridized carbons (Fsp3) is 0.421. The Hall–Kier alpha value is -1.96. The minimum Gasteiger partial charge on any atom is -0.494 e. The van der Waals surface area contributed by atoms with Gasteiger partial charge in [0.15, 0.2) is 0 Å². The van der Waals surface area contributed by atoms with E-state index in [0.29, 0.717) is 25.5 Å². The van der Waals surface area contributed by atoms with Crippen molar-refractivity contribution < 1.29 is 17.9 Å². The van der Waals surface area contributed by atoms with Crippen LogP contribution in [-0.4, -0.2) is 43.6 Å². The van der Waals surface area contributed by atoms with Gasteiger partial charge in [-0.2, -0.15) is 4.31 Å². The maximum absolute atomic E-state index is 13.2. The van der Waals surface area contributed by atoms with Gasteiger partial charge in [0, 0.05) is 32.1 Å². The molecule has 1 fully saturated rings. The van der Waals surface area contributed by atoms with Crippen molar-refractivity contribution in [3.63, 3.8) is 0 Å². The van der Waals surface area contributed by atoms with Crippen LogP contribution in [0.3, 0.4) is 0 Å².